The van der Waals surface area contributed by atoms with E-state index >= 15 is 0 Å². The number of ether oxygens (including phenoxy) is 2. The summed E-state index contributed by atoms with van der Waals surface area (Å²) in [5.41, 5.74) is 11.1. The van der Waals surface area contributed by atoms with Crippen molar-refractivity contribution in [2.24, 2.45) is 0 Å². The first-order valence-corrected chi connectivity index (χ1v) is 11.1. The lowest BCUT2D eigenvalue weighted by molar-refractivity contribution is 0.181. The number of carbonyl (C=O) groups excluding carboxylic acids is 1. The van der Waals surface area contributed by atoms with Gasteiger partial charge in [-0.15, -0.1) is 0 Å². The molecule has 5 rings (SSSR count). The molecule has 2 aromatic heterocycles. The van der Waals surface area contributed by atoms with Gasteiger partial charge in [0.05, 0.1) is 30.0 Å². The molecule has 0 bridgehead atoms. The minimum Gasteiger partial charge on any atom is -0.493 e. The number of aryl methyl sites for hydroxylation is 2. The second-order valence-corrected chi connectivity index (χ2v) is 7.86. The summed E-state index contributed by atoms with van der Waals surface area (Å²) < 4.78 is 15.0. The Bertz CT molecular complexity index is 1260. The average Bonchev–Trinajstić information content (AvgIpc) is 3.57. The van der Waals surface area contributed by atoms with E-state index in [0.29, 0.717) is 19.8 Å². The topological polar surface area (TPSA) is 100 Å². The minimum absolute atomic E-state index is 0.307. The van der Waals surface area contributed by atoms with Crippen LogP contribution in [-0.2, 0) is 17.8 Å². The molecule has 1 fully saturated rings. The number of cyclic esters (lactones) is 1. The number of nitrogens with zero attached hydrogens (tertiary/aromatic N) is 5. The fourth-order valence-corrected chi connectivity index (χ4v) is 4.28. The van der Waals surface area contributed by atoms with Crippen molar-refractivity contribution in [3.63, 3.8) is 0 Å². The Morgan fingerprint density at radius 3 is 2.73 bits per heavy atom. The maximum absolute atomic E-state index is 11.8. The van der Waals surface area contributed by atoms with Crippen LogP contribution in [0.1, 0.15) is 13.3 Å². The van der Waals surface area contributed by atoms with Gasteiger partial charge in [-0.25, -0.2) is 9.78 Å². The lowest BCUT2D eigenvalue weighted by atomic mass is 10.1. The summed E-state index contributed by atoms with van der Waals surface area (Å²) in [5.74, 6) is 0.808. The number of carbonyl (C=O) groups is 1. The third-order valence-electron chi connectivity index (χ3n) is 5.87. The van der Waals surface area contributed by atoms with Crippen molar-refractivity contribution in [3.8, 4) is 17.0 Å². The SMILES string of the molecule is CCn1c(-c2ccc(N3CCOC3=O)cc2)c(N)c2ccc(OCCCn3cncn3)cc21. The van der Waals surface area contributed by atoms with Crippen LogP contribution in [0.25, 0.3) is 22.2 Å². The summed E-state index contributed by atoms with van der Waals surface area (Å²) in [7, 11) is 0. The normalized spacial score (nSPS) is 13.6. The van der Waals surface area contributed by atoms with E-state index in [-0.39, 0.29) is 6.09 Å². The van der Waals surface area contributed by atoms with Gasteiger partial charge in [0.1, 0.15) is 25.0 Å². The Morgan fingerprint density at radius 2 is 2.03 bits per heavy atom. The molecule has 1 saturated heterocycles. The van der Waals surface area contributed by atoms with Crippen LogP contribution in [0.5, 0.6) is 5.75 Å². The van der Waals surface area contributed by atoms with E-state index in [1.807, 2.05) is 42.5 Å². The number of amides is 1. The summed E-state index contributed by atoms with van der Waals surface area (Å²) in [6.07, 6.45) is 3.76. The quantitative estimate of drug-likeness (QED) is 0.412. The number of nitrogens with two attached hydrogens (primary N) is 1. The molecule has 3 heterocycles. The van der Waals surface area contributed by atoms with E-state index in [1.54, 1.807) is 15.9 Å². The molecular formula is C24H26N6O3. The van der Waals surface area contributed by atoms with E-state index in [2.05, 4.69) is 21.6 Å². The molecule has 0 unspecified atom stereocenters. The fraction of sp³-hybridized carbons (Fsp3) is 0.292. The van der Waals surface area contributed by atoms with E-state index in [4.69, 9.17) is 15.2 Å². The molecule has 1 aliphatic heterocycles. The van der Waals surface area contributed by atoms with Gasteiger partial charge >= 0.3 is 6.09 Å². The van der Waals surface area contributed by atoms with Crippen molar-refractivity contribution in [1.82, 2.24) is 19.3 Å². The van der Waals surface area contributed by atoms with Crippen LogP contribution in [0.3, 0.4) is 0 Å². The van der Waals surface area contributed by atoms with Gasteiger partial charge in [0, 0.05) is 42.2 Å². The molecule has 0 radical (unpaired) electrons. The molecule has 1 amide bonds. The maximum atomic E-state index is 11.8. The smallest absolute Gasteiger partial charge is 0.414 e. The van der Waals surface area contributed by atoms with Crippen molar-refractivity contribution in [2.45, 2.75) is 26.4 Å². The zero-order valence-electron chi connectivity index (χ0n) is 18.5. The zero-order valence-corrected chi connectivity index (χ0v) is 18.5. The number of hydrogen-bond acceptors (Lipinski definition) is 6. The summed E-state index contributed by atoms with van der Waals surface area (Å²) in [5, 5.41) is 5.10. The standard InChI is InChI=1S/C24H26N6O3/c1-2-29-21-14-19(32-12-3-10-28-16-26-15-27-28)8-9-20(21)22(25)23(29)17-4-6-18(7-5-17)30-11-13-33-24(30)31/h4-9,14-16H,2-3,10-13,25H2,1H3. The van der Waals surface area contributed by atoms with Crippen LogP contribution in [0.4, 0.5) is 16.2 Å². The first kappa shape index (κ1) is 20.9. The Labute approximate surface area is 191 Å². The lowest BCUT2D eigenvalue weighted by Gasteiger charge is -2.14. The Morgan fingerprint density at radius 1 is 1.18 bits per heavy atom. The molecule has 9 heteroatoms. The third-order valence-corrected chi connectivity index (χ3v) is 5.87. The van der Waals surface area contributed by atoms with Crippen molar-refractivity contribution in [2.75, 3.05) is 30.4 Å². The van der Waals surface area contributed by atoms with Gasteiger partial charge in [0.25, 0.3) is 0 Å². The predicted octanol–water partition coefficient (Wildman–Crippen LogP) is 3.93. The van der Waals surface area contributed by atoms with E-state index in [9.17, 15) is 4.79 Å². The number of hydrogen-bond donors (Lipinski definition) is 1. The number of aromatic nitrogens is 4. The number of rotatable bonds is 8. The number of anilines is 2. The Hall–Kier alpha value is -4.01. The van der Waals surface area contributed by atoms with Gasteiger partial charge in [0.15, 0.2) is 0 Å². The van der Waals surface area contributed by atoms with Gasteiger partial charge < -0.3 is 19.8 Å². The Kier molecular flexibility index (Phi) is 5.60. The van der Waals surface area contributed by atoms with Gasteiger partial charge in [-0.1, -0.05) is 12.1 Å². The molecule has 0 aliphatic carbocycles. The van der Waals surface area contributed by atoms with Crippen LogP contribution >= 0.6 is 0 Å². The molecule has 0 atom stereocenters. The average molecular weight is 447 g/mol. The zero-order chi connectivity index (χ0) is 22.8. The minimum atomic E-state index is -0.307. The third kappa shape index (κ3) is 3.97. The molecule has 33 heavy (non-hydrogen) atoms. The van der Waals surface area contributed by atoms with Gasteiger partial charge in [-0.05, 0) is 31.2 Å². The summed E-state index contributed by atoms with van der Waals surface area (Å²) in [4.78, 5) is 17.4. The van der Waals surface area contributed by atoms with Crippen LogP contribution in [0.2, 0.25) is 0 Å². The highest BCUT2D eigenvalue weighted by Crippen LogP contribution is 2.38. The van der Waals surface area contributed by atoms with Crippen molar-refractivity contribution in [3.05, 3.63) is 55.1 Å². The highest BCUT2D eigenvalue weighted by molar-refractivity contribution is 6.01. The van der Waals surface area contributed by atoms with Gasteiger partial charge in [-0.3, -0.25) is 9.58 Å². The van der Waals surface area contributed by atoms with Crippen LogP contribution in [-0.4, -0.2) is 45.2 Å². The number of fused-ring (bicyclic) bond motifs is 1. The molecule has 4 aromatic rings. The molecule has 0 spiro atoms. The number of nitrogen functional groups attached to an aromatic ring is 1. The van der Waals surface area contributed by atoms with Crippen LogP contribution in [0.15, 0.2) is 55.1 Å². The highest BCUT2D eigenvalue weighted by atomic mass is 16.6. The largest absolute Gasteiger partial charge is 0.493 e. The summed E-state index contributed by atoms with van der Waals surface area (Å²) in [6.45, 7) is 5.19. The first-order valence-electron chi connectivity index (χ1n) is 11.1. The van der Waals surface area contributed by atoms with Crippen LogP contribution in [0, 0.1) is 0 Å². The summed E-state index contributed by atoms with van der Waals surface area (Å²) >= 11 is 0. The fourth-order valence-electron chi connectivity index (χ4n) is 4.28. The number of benzene rings is 2. The molecule has 0 saturated carbocycles. The first-order chi connectivity index (χ1) is 16.2. The van der Waals surface area contributed by atoms with Crippen molar-refractivity contribution in [1.29, 1.82) is 0 Å². The second-order valence-electron chi connectivity index (χ2n) is 7.86. The molecule has 9 nitrogen and oxygen atoms in total. The van der Waals surface area contributed by atoms with E-state index in [0.717, 1.165) is 58.8 Å². The van der Waals surface area contributed by atoms with Gasteiger partial charge in [0.2, 0.25) is 0 Å². The van der Waals surface area contributed by atoms with Crippen molar-refractivity contribution < 1.29 is 14.3 Å². The maximum Gasteiger partial charge on any atom is 0.414 e. The van der Waals surface area contributed by atoms with Crippen LogP contribution < -0.4 is 15.4 Å². The molecule has 170 valence electrons. The predicted molar refractivity (Wildman–Crippen MR) is 126 cm³/mol. The lowest BCUT2D eigenvalue weighted by Crippen LogP contribution is -2.23. The monoisotopic (exact) mass is 446 g/mol. The molecular weight excluding hydrogens is 420 g/mol. The Balaban J connectivity index is 1.38. The van der Waals surface area contributed by atoms with Crippen molar-refractivity contribution >= 4 is 28.4 Å². The molecule has 2 aromatic carbocycles. The molecule has 1 aliphatic rings. The van der Waals surface area contributed by atoms with E-state index in [1.165, 1.54) is 6.33 Å². The van der Waals surface area contributed by atoms with E-state index < -0.39 is 0 Å². The van der Waals surface area contributed by atoms with Gasteiger partial charge in [-0.2, -0.15) is 5.10 Å². The second kappa shape index (κ2) is 8.85. The highest BCUT2D eigenvalue weighted by Gasteiger charge is 2.24. The molecule has 2 N–H and O–H groups in total. The summed E-state index contributed by atoms with van der Waals surface area (Å²) in [6, 6.07) is 13.9.